The number of piperidine rings is 1. The Morgan fingerprint density at radius 1 is 1.03 bits per heavy atom. The number of benzene rings is 1. The van der Waals surface area contributed by atoms with Crippen LogP contribution in [0.2, 0.25) is 0 Å². The van der Waals surface area contributed by atoms with Gasteiger partial charge in [-0.1, -0.05) is 30.4 Å². The quantitative estimate of drug-likeness (QED) is 0.731. The van der Waals surface area contributed by atoms with Gasteiger partial charge in [0.1, 0.15) is 5.78 Å². The van der Waals surface area contributed by atoms with Crippen molar-refractivity contribution in [2.45, 2.75) is 62.3 Å². The molecule has 30 heavy (non-hydrogen) atoms. The van der Waals surface area contributed by atoms with Crippen LogP contribution in [0, 0.1) is 11.3 Å². The third-order valence-corrected chi connectivity index (χ3v) is 8.90. The van der Waals surface area contributed by atoms with Crippen LogP contribution < -0.4 is 5.32 Å². The van der Waals surface area contributed by atoms with E-state index in [1.807, 2.05) is 0 Å². The number of nitrogens with one attached hydrogen (secondary N) is 1. The summed E-state index contributed by atoms with van der Waals surface area (Å²) in [5, 5.41) is 3.14. The van der Waals surface area contributed by atoms with E-state index in [4.69, 9.17) is 0 Å². The Labute approximate surface area is 178 Å². The molecule has 0 bridgehead atoms. The Balaban J connectivity index is 1.70. The van der Waals surface area contributed by atoms with Crippen molar-refractivity contribution in [2.75, 3.05) is 13.1 Å². The number of amides is 1. The highest BCUT2D eigenvalue weighted by atomic mass is 32.2. The molecule has 3 aliphatic rings. The highest BCUT2D eigenvalue weighted by Crippen LogP contribution is 2.49. The maximum atomic E-state index is 13.4. The van der Waals surface area contributed by atoms with Gasteiger partial charge in [0.15, 0.2) is 0 Å². The first kappa shape index (κ1) is 21.2. The van der Waals surface area contributed by atoms with E-state index in [2.05, 4.69) is 17.5 Å². The van der Waals surface area contributed by atoms with Crippen molar-refractivity contribution in [1.29, 1.82) is 0 Å². The third-order valence-electron chi connectivity index (χ3n) is 7.04. The molecular weight excluding hydrogens is 400 g/mol. The zero-order valence-corrected chi connectivity index (χ0v) is 18.1. The number of ketones is 1. The van der Waals surface area contributed by atoms with Gasteiger partial charge in [-0.05, 0) is 50.2 Å². The van der Waals surface area contributed by atoms with Crippen molar-refractivity contribution in [3.8, 4) is 0 Å². The SMILES string of the molecule is O=C1C[C@@H]2CCN(S(=O)(=O)c3ccccc3)C[C@@]23CC/C=C\CCCC(=O)N[C@H]3C1. The first-order valence-corrected chi connectivity index (χ1v) is 12.4. The average molecular weight is 431 g/mol. The molecular formula is C23H30N2O4S. The molecule has 0 aromatic heterocycles. The minimum absolute atomic E-state index is 0.0360. The number of allylic oxidation sites excluding steroid dienone is 2. The van der Waals surface area contributed by atoms with E-state index in [-0.39, 0.29) is 23.7 Å². The van der Waals surface area contributed by atoms with Crippen LogP contribution in [0.5, 0.6) is 0 Å². The standard InChI is InChI=1S/C23H30N2O4S/c26-19-15-18-12-14-25(30(28,29)20-9-5-4-6-10-20)17-23(18)13-8-3-1-2-7-11-22(27)24-21(23)16-19/h1,3-6,9-10,18,21H,2,7-8,11-17H2,(H,24,27)/b3-1-/t18-,21-,23-/m0/s1. The predicted octanol–water partition coefficient (Wildman–Crippen LogP) is 3.05. The van der Waals surface area contributed by atoms with Gasteiger partial charge in [0.05, 0.1) is 4.90 Å². The molecule has 1 aromatic carbocycles. The van der Waals surface area contributed by atoms with Gasteiger partial charge in [0, 0.05) is 43.8 Å². The molecule has 1 saturated carbocycles. The van der Waals surface area contributed by atoms with E-state index in [0.29, 0.717) is 43.7 Å². The lowest BCUT2D eigenvalue weighted by molar-refractivity contribution is -0.133. The summed E-state index contributed by atoms with van der Waals surface area (Å²) < 4.78 is 28.3. The van der Waals surface area contributed by atoms with Gasteiger partial charge in [0.2, 0.25) is 15.9 Å². The van der Waals surface area contributed by atoms with Crippen LogP contribution in [0.1, 0.15) is 51.4 Å². The Bertz CT molecular complexity index is 928. The van der Waals surface area contributed by atoms with Crippen LogP contribution in [-0.2, 0) is 19.6 Å². The molecule has 162 valence electrons. The summed E-state index contributed by atoms with van der Waals surface area (Å²) in [7, 11) is -3.62. The van der Waals surface area contributed by atoms with Crippen molar-refractivity contribution in [2.24, 2.45) is 11.3 Å². The van der Waals surface area contributed by atoms with Crippen molar-refractivity contribution < 1.29 is 18.0 Å². The number of hydrogen-bond donors (Lipinski definition) is 1. The summed E-state index contributed by atoms with van der Waals surface area (Å²) >= 11 is 0. The van der Waals surface area contributed by atoms with Gasteiger partial charge in [-0.3, -0.25) is 9.59 Å². The predicted molar refractivity (Wildman–Crippen MR) is 114 cm³/mol. The average Bonchev–Trinajstić information content (AvgIpc) is 2.76. The van der Waals surface area contributed by atoms with Crippen molar-refractivity contribution in [3.63, 3.8) is 0 Å². The van der Waals surface area contributed by atoms with E-state index in [1.54, 1.807) is 34.6 Å². The molecule has 0 radical (unpaired) electrons. The largest absolute Gasteiger partial charge is 0.352 e. The number of carbonyl (C=O) groups is 2. The molecule has 1 N–H and O–H groups in total. The Kier molecular flexibility index (Phi) is 6.11. The molecule has 4 rings (SSSR count). The summed E-state index contributed by atoms with van der Waals surface area (Å²) in [5.41, 5.74) is -0.418. The fourth-order valence-electron chi connectivity index (χ4n) is 5.45. The number of carbonyl (C=O) groups excluding carboxylic acids is 2. The first-order valence-electron chi connectivity index (χ1n) is 10.9. The Morgan fingerprint density at radius 2 is 1.80 bits per heavy atom. The van der Waals surface area contributed by atoms with E-state index in [0.717, 1.165) is 25.7 Å². The molecule has 1 aliphatic carbocycles. The lowest BCUT2D eigenvalue weighted by Gasteiger charge is -2.54. The Hall–Kier alpha value is -1.99. The van der Waals surface area contributed by atoms with Crippen molar-refractivity contribution in [1.82, 2.24) is 9.62 Å². The minimum Gasteiger partial charge on any atom is -0.352 e. The minimum atomic E-state index is -3.62. The molecule has 1 spiro atoms. The van der Waals surface area contributed by atoms with E-state index < -0.39 is 15.4 Å². The zero-order chi connectivity index (χ0) is 21.2. The Morgan fingerprint density at radius 3 is 2.60 bits per heavy atom. The number of Topliss-reactive ketones (excluding diaryl/α,β-unsaturated/α-hetero) is 1. The first-order chi connectivity index (χ1) is 14.4. The van der Waals surface area contributed by atoms with Crippen LogP contribution in [0.4, 0.5) is 0 Å². The van der Waals surface area contributed by atoms with Gasteiger partial charge in [-0.15, -0.1) is 0 Å². The van der Waals surface area contributed by atoms with Crippen molar-refractivity contribution in [3.05, 3.63) is 42.5 Å². The molecule has 2 fully saturated rings. The fraction of sp³-hybridized carbons (Fsp3) is 0.565. The molecule has 6 nitrogen and oxygen atoms in total. The molecule has 2 aliphatic heterocycles. The molecule has 1 amide bonds. The molecule has 1 aromatic rings. The molecule has 7 heteroatoms. The second-order valence-corrected chi connectivity index (χ2v) is 10.8. The monoisotopic (exact) mass is 430 g/mol. The van der Waals surface area contributed by atoms with Crippen LogP contribution in [0.15, 0.2) is 47.4 Å². The highest BCUT2D eigenvalue weighted by Gasteiger charge is 2.54. The number of hydrogen-bond acceptors (Lipinski definition) is 4. The number of nitrogens with zero attached hydrogens (tertiary/aromatic N) is 1. The molecule has 0 unspecified atom stereocenters. The lowest BCUT2D eigenvalue weighted by atomic mass is 9.58. The second-order valence-electron chi connectivity index (χ2n) is 8.84. The number of sulfonamides is 1. The lowest BCUT2D eigenvalue weighted by Crippen LogP contribution is -2.63. The van der Waals surface area contributed by atoms with Gasteiger partial charge in [0.25, 0.3) is 0 Å². The molecule has 2 heterocycles. The van der Waals surface area contributed by atoms with E-state index in [1.165, 1.54) is 0 Å². The topological polar surface area (TPSA) is 83.6 Å². The summed E-state index contributed by atoms with van der Waals surface area (Å²) in [6, 6.07) is 8.22. The molecule has 1 saturated heterocycles. The third kappa shape index (κ3) is 4.10. The maximum Gasteiger partial charge on any atom is 0.243 e. The van der Waals surface area contributed by atoms with Crippen LogP contribution >= 0.6 is 0 Å². The fourth-order valence-corrected chi connectivity index (χ4v) is 7.00. The second kappa shape index (κ2) is 8.63. The zero-order valence-electron chi connectivity index (χ0n) is 17.3. The maximum absolute atomic E-state index is 13.4. The van der Waals surface area contributed by atoms with Crippen molar-refractivity contribution >= 4 is 21.7 Å². The number of rotatable bonds is 2. The smallest absolute Gasteiger partial charge is 0.243 e. The van der Waals surface area contributed by atoms with Crippen LogP contribution in [0.3, 0.4) is 0 Å². The van der Waals surface area contributed by atoms with Crippen LogP contribution in [-0.4, -0.2) is 43.5 Å². The highest BCUT2D eigenvalue weighted by molar-refractivity contribution is 7.89. The van der Waals surface area contributed by atoms with E-state index >= 15 is 0 Å². The van der Waals surface area contributed by atoms with Gasteiger partial charge in [-0.25, -0.2) is 8.42 Å². The van der Waals surface area contributed by atoms with Gasteiger partial charge in [-0.2, -0.15) is 4.31 Å². The normalized spacial score (nSPS) is 32.3. The molecule has 3 atom stereocenters. The summed E-state index contributed by atoms with van der Waals surface area (Å²) in [6.45, 7) is 0.758. The summed E-state index contributed by atoms with van der Waals surface area (Å²) in [5.74, 6) is 0.234. The van der Waals surface area contributed by atoms with Crippen LogP contribution in [0.25, 0.3) is 0 Å². The summed E-state index contributed by atoms with van der Waals surface area (Å²) in [6.07, 6.45) is 9.38. The summed E-state index contributed by atoms with van der Waals surface area (Å²) in [4.78, 5) is 25.4. The van der Waals surface area contributed by atoms with E-state index in [9.17, 15) is 18.0 Å². The van der Waals surface area contributed by atoms with Gasteiger partial charge < -0.3 is 5.32 Å². The van der Waals surface area contributed by atoms with Gasteiger partial charge >= 0.3 is 0 Å².